The summed E-state index contributed by atoms with van der Waals surface area (Å²) in [5.74, 6) is -0.253. The SMILES string of the molecule is O=C(/C=C/c1cccc(C(F)(F)F)c1)N1CCC(n2c(=O)[nH]c3ccccc32)CC1. The van der Waals surface area contributed by atoms with Gasteiger partial charge in [0.1, 0.15) is 0 Å². The first-order valence-electron chi connectivity index (χ1n) is 9.66. The number of hydrogen-bond acceptors (Lipinski definition) is 2. The van der Waals surface area contributed by atoms with Gasteiger partial charge in [0.15, 0.2) is 0 Å². The molecule has 0 saturated carbocycles. The molecule has 1 N–H and O–H groups in total. The van der Waals surface area contributed by atoms with E-state index in [0.717, 1.165) is 23.2 Å². The second kappa shape index (κ2) is 7.85. The summed E-state index contributed by atoms with van der Waals surface area (Å²) in [7, 11) is 0. The van der Waals surface area contributed by atoms with E-state index in [1.165, 1.54) is 24.3 Å². The van der Waals surface area contributed by atoms with Gasteiger partial charge < -0.3 is 9.88 Å². The molecule has 1 aliphatic rings. The molecular formula is C22H20F3N3O2. The van der Waals surface area contributed by atoms with Crippen molar-refractivity contribution in [2.75, 3.05) is 13.1 Å². The lowest BCUT2D eigenvalue weighted by molar-refractivity contribution is -0.137. The van der Waals surface area contributed by atoms with Crippen LogP contribution < -0.4 is 5.69 Å². The molecule has 2 heterocycles. The van der Waals surface area contributed by atoms with E-state index in [0.29, 0.717) is 31.5 Å². The van der Waals surface area contributed by atoms with Crippen LogP contribution >= 0.6 is 0 Å². The van der Waals surface area contributed by atoms with E-state index in [9.17, 15) is 22.8 Å². The minimum absolute atomic E-state index is 0.00912. The zero-order chi connectivity index (χ0) is 21.3. The number of amides is 1. The zero-order valence-electron chi connectivity index (χ0n) is 16.0. The van der Waals surface area contributed by atoms with Crippen LogP contribution in [0.3, 0.4) is 0 Å². The summed E-state index contributed by atoms with van der Waals surface area (Å²) < 4.78 is 40.2. The summed E-state index contributed by atoms with van der Waals surface area (Å²) in [5.41, 5.74) is 1.03. The fourth-order valence-corrected chi connectivity index (χ4v) is 3.87. The van der Waals surface area contributed by atoms with Crippen LogP contribution in [0.2, 0.25) is 0 Å². The van der Waals surface area contributed by atoms with Crippen molar-refractivity contribution in [2.45, 2.75) is 25.1 Å². The number of alkyl halides is 3. The third-order valence-electron chi connectivity index (χ3n) is 5.40. The number of likely N-dealkylation sites (tertiary alicyclic amines) is 1. The molecule has 4 rings (SSSR count). The third-order valence-corrected chi connectivity index (χ3v) is 5.40. The number of H-pyrrole nitrogens is 1. The molecule has 2 aromatic carbocycles. The normalized spacial score (nSPS) is 15.9. The van der Waals surface area contributed by atoms with E-state index in [-0.39, 0.29) is 17.6 Å². The second-order valence-corrected chi connectivity index (χ2v) is 7.33. The zero-order valence-corrected chi connectivity index (χ0v) is 16.0. The number of piperidine rings is 1. The van der Waals surface area contributed by atoms with Crippen LogP contribution in [-0.4, -0.2) is 33.4 Å². The van der Waals surface area contributed by atoms with Crippen molar-refractivity contribution in [3.05, 3.63) is 76.2 Å². The van der Waals surface area contributed by atoms with E-state index >= 15 is 0 Å². The maximum atomic E-state index is 12.8. The van der Waals surface area contributed by atoms with Gasteiger partial charge in [-0.25, -0.2) is 4.79 Å². The quantitative estimate of drug-likeness (QED) is 0.651. The van der Waals surface area contributed by atoms with Crippen LogP contribution in [0.1, 0.15) is 30.0 Å². The number of carbonyl (C=O) groups excluding carboxylic acids is 1. The summed E-state index contributed by atoms with van der Waals surface area (Å²) in [5, 5.41) is 0. The molecule has 0 atom stereocenters. The van der Waals surface area contributed by atoms with Crippen molar-refractivity contribution in [2.24, 2.45) is 0 Å². The Bertz CT molecular complexity index is 1150. The number of aromatic amines is 1. The molecule has 30 heavy (non-hydrogen) atoms. The third kappa shape index (κ3) is 4.03. The van der Waals surface area contributed by atoms with Gasteiger partial charge in [-0.3, -0.25) is 9.36 Å². The fraction of sp³-hybridized carbons (Fsp3) is 0.273. The Balaban J connectivity index is 1.42. The van der Waals surface area contributed by atoms with E-state index in [4.69, 9.17) is 0 Å². The van der Waals surface area contributed by atoms with Crippen molar-refractivity contribution in [3.63, 3.8) is 0 Å². The standard InChI is InChI=1S/C22H20F3N3O2/c23-22(24,25)16-5-3-4-15(14-16)8-9-20(29)27-12-10-17(11-13-27)28-19-7-2-1-6-18(19)26-21(28)30/h1-9,14,17H,10-13H2,(H,26,30)/b9-8+. The number of benzene rings is 2. The highest BCUT2D eigenvalue weighted by Crippen LogP contribution is 2.30. The number of para-hydroxylation sites is 2. The number of rotatable bonds is 3. The average molecular weight is 415 g/mol. The molecule has 1 fully saturated rings. The Labute approximate surface area is 170 Å². The largest absolute Gasteiger partial charge is 0.416 e. The molecule has 1 saturated heterocycles. The lowest BCUT2D eigenvalue weighted by Gasteiger charge is -2.32. The van der Waals surface area contributed by atoms with Crippen LogP contribution in [0.15, 0.2) is 59.4 Å². The predicted molar refractivity (Wildman–Crippen MR) is 108 cm³/mol. The van der Waals surface area contributed by atoms with Gasteiger partial charge in [0.25, 0.3) is 0 Å². The molecule has 1 aliphatic heterocycles. The van der Waals surface area contributed by atoms with Crippen molar-refractivity contribution < 1.29 is 18.0 Å². The number of fused-ring (bicyclic) bond motifs is 1. The first kappa shape index (κ1) is 20.0. The lowest BCUT2D eigenvalue weighted by Crippen LogP contribution is -2.39. The first-order chi connectivity index (χ1) is 14.3. The van der Waals surface area contributed by atoms with Gasteiger partial charge >= 0.3 is 11.9 Å². The summed E-state index contributed by atoms with van der Waals surface area (Å²) in [6.45, 7) is 0.949. The van der Waals surface area contributed by atoms with Gasteiger partial charge in [-0.15, -0.1) is 0 Å². The highest BCUT2D eigenvalue weighted by Gasteiger charge is 2.30. The average Bonchev–Trinajstić information content (AvgIpc) is 3.07. The van der Waals surface area contributed by atoms with Gasteiger partial charge in [0.05, 0.1) is 16.6 Å². The number of nitrogens with zero attached hydrogens (tertiary/aromatic N) is 2. The lowest BCUT2D eigenvalue weighted by atomic mass is 10.0. The summed E-state index contributed by atoms with van der Waals surface area (Å²) in [4.78, 5) is 29.3. The van der Waals surface area contributed by atoms with Crippen molar-refractivity contribution in [1.82, 2.24) is 14.5 Å². The van der Waals surface area contributed by atoms with E-state index < -0.39 is 11.7 Å². The Morgan fingerprint density at radius 1 is 1.07 bits per heavy atom. The predicted octanol–water partition coefficient (Wildman–Crippen LogP) is 4.23. The van der Waals surface area contributed by atoms with Crippen LogP contribution in [0.4, 0.5) is 13.2 Å². The number of hydrogen-bond donors (Lipinski definition) is 1. The number of aromatic nitrogens is 2. The molecule has 0 radical (unpaired) electrons. The molecule has 1 amide bonds. The Kier molecular flexibility index (Phi) is 5.24. The molecule has 156 valence electrons. The summed E-state index contributed by atoms with van der Waals surface area (Å²) in [6.07, 6.45) is -0.465. The molecule has 3 aromatic rings. The first-order valence-corrected chi connectivity index (χ1v) is 9.66. The van der Waals surface area contributed by atoms with Gasteiger partial charge in [-0.05, 0) is 48.7 Å². The van der Waals surface area contributed by atoms with Gasteiger partial charge in [0, 0.05) is 25.2 Å². The number of imidazole rings is 1. The maximum Gasteiger partial charge on any atom is 0.416 e. The minimum Gasteiger partial charge on any atom is -0.339 e. The van der Waals surface area contributed by atoms with Crippen molar-refractivity contribution in [1.29, 1.82) is 0 Å². The second-order valence-electron chi connectivity index (χ2n) is 7.33. The molecule has 5 nitrogen and oxygen atoms in total. The van der Waals surface area contributed by atoms with Crippen LogP contribution in [0.5, 0.6) is 0 Å². The van der Waals surface area contributed by atoms with Gasteiger partial charge in [-0.2, -0.15) is 13.2 Å². The van der Waals surface area contributed by atoms with Crippen LogP contribution in [0, 0.1) is 0 Å². The Morgan fingerprint density at radius 2 is 1.80 bits per heavy atom. The van der Waals surface area contributed by atoms with Gasteiger partial charge in [0.2, 0.25) is 5.91 Å². The van der Waals surface area contributed by atoms with Crippen molar-refractivity contribution in [3.8, 4) is 0 Å². The number of nitrogens with one attached hydrogen (secondary N) is 1. The van der Waals surface area contributed by atoms with Crippen LogP contribution in [-0.2, 0) is 11.0 Å². The van der Waals surface area contributed by atoms with Gasteiger partial charge in [-0.1, -0.05) is 24.3 Å². The molecule has 0 aliphatic carbocycles. The fourth-order valence-electron chi connectivity index (χ4n) is 3.87. The topological polar surface area (TPSA) is 58.1 Å². The van der Waals surface area contributed by atoms with E-state index in [1.807, 2.05) is 24.3 Å². The molecule has 0 spiro atoms. The maximum absolute atomic E-state index is 12.8. The molecule has 1 aromatic heterocycles. The molecular weight excluding hydrogens is 395 g/mol. The van der Waals surface area contributed by atoms with Crippen LogP contribution in [0.25, 0.3) is 17.1 Å². The monoisotopic (exact) mass is 415 g/mol. The smallest absolute Gasteiger partial charge is 0.339 e. The molecule has 8 heteroatoms. The Hall–Kier alpha value is -3.29. The van der Waals surface area contributed by atoms with Crippen molar-refractivity contribution >= 4 is 23.0 Å². The Morgan fingerprint density at radius 3 is 2.53 bits per heavy atom. The summed E-state index contributed by atoms with van der Waals surface area (Å²) >= 11 is 0. The minimum atomic E-state index is -4.42. The molecule has 0 unspecified atom stereocenters. The highest BCUT2D eigenvalue weighted by molar-refractivity contribution is 5.91. The summed E-state index contributed by atoms with van der Waals surface area (Å²) in [6, 6.07) is 12.3. The molecule has 0 bridgehead atoms. The highest BCUT2D eigenvalue weighted by atomic mass is 19.4. The number of carbonyl (C=O) groups is 1. The number of halogens is 3. The van der Waals surface area contributed by atoms with E-state index in [1.54, 1.807) is 9.47 Å². The van der Waals surface area contributed by atoms with E-state index in [2.05, 4.69) is 4.98 Å².